The number of hydrogen-bond donors (Lipinski definition) is 0. The molecular weight excluding hydrogens is 352 g/mol. The molecule has 2 amide bonds. The zero-order valence-electron chi connectivity index (χ0n) is 13.6. The summed E-state index contributed by atoms with van der Waals surface area (Å²) in [7, 11) is -3.64. The molecule has 10 heteroatoms. The van der Waals surface area contributed by atoms with Crippen LogP contribution < -0.4 is 0 Å². The number of thioether (sulfide) groups is 1. The van der Waals surface area contributed by atoms with Gasteiger partial charge in [-0.1, -0.05) is 11.8 Å². The quantitative estimate of drug-likeness (QED) is 0.791. The molecule has 0 N–H and O–H groups in total. The number of rotatable bonds is 4. The predicted octanol–water partition coefficient (Wildman–Crippen LogP) is 1.31. The minimum atomic E-state index is -3.64. The van der Waals surface area contributed by atoms with Crippen LogP contribution in [0.4, 0.5) is 4.79 Å². The Kier molecular flexibility index (Phi) is 4.71. The molecule has 0 bridgehead atoms. The Morgan fingerprint density at radius 1 is 1.25 bits per heavy atom. The molecule has 3 heterocycles. The first-order valence-electron chi connectivity index (χ1n) is 7.83. The van der Waals surface area contributed by atoms with Gasteiger partial charge in [0.15, 0.2) is 5.03 Å². The lowest BCUT2D eigenvalue weighted by atomic mass is 10.1. The smallest absolute Gasteiger partial charge is 0.289 e. The van der Waals surface area contributed by atoms with Gasteiger partial charge in [-0.25, -0.2) is 13.4 Å². The minimum Gasteiger partial charge on any atom is -0.334 e. The SMILES string of the molecule is CC(C)n1cnc(S(=O)(=O)N2CCC(N3C(=O)CSC3=O)CC2)c1. The number of imidazole rings is 1. The zero-order chi connectivity index (χ0) is 17.5. The van der Waals surface area contributed by atoms with Gasteiger partial charge in [0, 0.05) is 31.4 Å². The van der Waals surface area contributed by atoms with Crippen LogP contribution in [-0.4, -0.2) is 63.2 Å². The van der Waals surface area contributed by atoms with E-state index < -0.39 is 10.0 Å². The first-order chi connectivity index (χ1) is 11.3. The third-order valence-corrected chi connectivity index (χ3v) is 6.97. The normalized spacial score (nSPS) is 21.2. The fraction of sp³-hybridized carbons (Fsp3) is 0.643. The van der Waals surface area contributed by atoms with Crippen molar-refractivity contribution in [2.24, 2.45) is 0 Å². The Bertz CT molecular complexity index is 735. The molecule has 132 valence electrons. The number of aromatic nitrogens is 2. The molecular formula is C14H20N4O4S2. The third kappa shape index (κ3) is 3.09. The Hall–Kier alpha value is -1.39. The molecule has 0 aliphatic carbocycles. The molecule has 1 aromatic heterocycles. The lowest BCUT2D eigenvalue weighted by Gasteiger charge is -2.34. The van der Waals surface area contributed by atoms with Gasteiger partial charge >= 0.3 is 0 Å². The summed E-state index contributed by atoms with van der Waals surface area (Å²) < 4.78 is 28.5. The van der Waals surface area contributed by atoms with Crippen molar-refractivity contribution in [1.82, 2.24) is 18.8 Å². The van der Waals surface area contributed by atoms with Crippen LogP contribution in [0.2, 0.25) is 0 Å². The van der Waals surface area contributed by atoms with Gasteiger partial charge in [-0.3, -0.25) is 14.5 Å². The topological polar surface area (TPSA) is 92.6 Å². The van der Waals surface area contributed by atoms with Crippen LogP contribution in [0.3, 0.4) is 0 Å². The molecule has 2 fully saturated rings. The maximum Gasteiger partial charge on any atom is 0.289 e. The summed E-state index contributed by atoms with van der Waals surface area (Å²) in [5.74, 6) is 0.00579. The highest BCUT2D eigenvalue weighted by atomic mass is 32.2. The number of sulfonamides is 1. The van der Waals surface area contributed by atoms with Crippen LogP contribution in [0.5, 0.6) is 0 Å². The first kappa shape index (κ1) is 17.4. The van der Waals surface area contributed by atoms with Crippen LogP contribution in [0.25, 0.3) is 0 Å². The van der Waals surface area contributed by atoms with Gasteiger partial charge in [0.05, 0.1) is 12.1 Å². The number of nitrogens with zero attached hydrogens (tertiary/aromatic N) is 4. The number of imide groups is 1. The summed E-state index contributed by atoms with van der Waals surface area (Å²) in [5.41, 5.74) is 0. The third-order valence-electron chi connectivity index (χ3n) is 4.35. The molecule has 0 spiro atoms. The Labute approximate surface area is 145 Å². The molecule has 1 aromatic rings. The van der Waals surface area contributed by atoms with Crippen LogP contribution >= 0.6 is 11.8 Å². The summed E-state index contributed by atoms with van der Waals surface area (Å²) in [5, 5.41) is -0.185. The van der Waals surface area contributed by atoms with E-state index in [9.17, 15) is 18.0 Å². The van der Waals surface area contributed by atoms with E-state index in [0.717, 1.165) is 11.8 Å². The molecule has 3 rings (SSSR count). The van der Waals surface area contributed by atoms with Crippen molar-refractivity contribution in [1.29, 1.82) is 0 Å². The molecule has 0 aromatic carbocycles. The largest absolute Gasteiger partial charge is 0.334 e. The maximum atomic E-state index is 12.7. The average molecular weight is 372 g/mol. The molecule has 2 aliphatic rings. The summed E-state index contributed by atoms with van der Waals surface area (Å²) in [4.78, 5) is 28.9. The number of amides is 2. The van der Waals surface area contributed by atoms with Crippen molar-refractivity contribution in [2.75, 3.05) is 18.8 Å². The van der Waals surface area contributed by atoms with Crippen molar-refractivity contribution < 1.29 is 18.0 Å². The van der Waals surface area contributed by atoms with E-state index in [-0.39, 0.29) is 47.1 Å². The maximum absolute atomic E-state index is 12.7. The number of hydrogen-bond acceptors (Lipinski definition) is 6. The van der Waals surface area contributed by atoms with Gasteiger partial charge in [0.25, 0.3) is 15.3 Å². The van der Waals surface area contributed by atoms with E-state index in [0.29, 0.717) is 12.8 Å². The first-order valence-corrected chi connectivity index (χ1v) is 10.3. The monoisotopic (exact) mass is 372 g/mol. The highest BCUT2D eigenvalue weighted by Crippen LogP contribution is 2.28. The van der Waals surface area contributed by atoms with Crippen molar-refractivity contribution in [3.8, 4) is 0 Å². The Morgan fingerprint density at radius 2 is 1.92 bits per heavy atom. The van der Waals surface area contributed by atoms with Crippen molar-refractivity contribution in [3.63, 3.8) is 0 Å². The lowest BCUT2D eigenvalue weighted by Crippen LogP contribution is -2.48. The van der Waals surface area contributed by atoms with Gasteiger partial charge in [0.2, 0.25) is 5.91 Å². The minimum absolute atomic E-state index is 0.0403. The van der Waals surface area contributed by atoms with E-state index in [2.05, 4.69) is 4.98 Å². The molecule has 0 saturated carbocycles. The second kappa shape index (κ2) is 6.49. The van der Waals surface area contributed by atoms with Gasteiger partial charge < -0.3 is 4.57 Å². The molecule has 2 aliphatic heterocycles. The molecule has 0 unspecified atom stereocenters. The number of carbonyl (C=O) groups is 2. The number of carbonyl (C=O) groups excluding carboxylic acids is 2. The van der Waals surface area contributed by atoms with Crippen LogP contribution in [0, 0.1) is 0 Å². The molecule has 8 nitrogen and oxygen atoms in total. The second-order valence-corrected chi connectivity index (χ2v) is 9.02. The van der Waals surface area contributed by atoms with Gasteiger partial charge in [-0.05, 0) is 26.7 Å². The fourth-order valence-corrected chi connectivity index (χ4v) is 5.09. The molecule has 0 atom stereocenters. The second-order valence-electron chi connectivity index (χ2n) is 6.21. The van der Waals surface area contributed by atoms with Gasteiger partial charge in [0.1, 0.15) is 0 Å². The average Bonchev–Trinajstić information content (AvgIpc) is 3.15. The van der Waals surface area contributed by atoms with Crippen molar-refractivity contribution in [2.45, 2.75) is 43.8 Å². The van der Waals surface area contributed by atoms with E-state index >= 15 is 0 Å². The summed E-state index contributed by atoms with van der Waals surface area (Å²) in [6, 6.07) is -0.0726. The number of piperidine rings is 1. The molecule has 24 heavy (non-hydrogen) atoms. The molecule has 0 radical (unpaired) electrons. The highest BCUT2D eigenvalue weighted by Gasteiger charge is 2.39. The van der Waals surface area contributed by atoms with Crippen molar-refractivity contribution in [3.05, 3.63) is 12.5 Å². The zero-order valence-corrected chi connectivity index (χ0v) is 15.2. The van der Waals surface area contributed by atoms with Gasteiger partial charge in [-0.2, -0.15) is 4.31 Å². The Balaban J connectivity index is 1.69. The van der Waals surface area contributed by atoms with E-state index in [1.165, 1.54) is 21.7 Å². The summed E-state index contributed by atoms with van der Waals surface area (Å²) in [6.45, 7) is 4.46. The van der Waals surface area contributed by atoms with Crippen LogP contribution in [-0.2, 0) is 14.8 Å². The highest BCUT2D eigenvalue weighted by molar-refractivity contribution is 8.14. The van der Waals surface area contributed by atoms with E-state index in [4.69, 9.17) is 0 Å². The van der Waals surface area contributed by atoms with Crippen molar-refractivity contribution >= 4 is 32.9 Å². The van der Waals surface area contributed by atoms with Crippen LogP contribution in [0.15, 0.2) is 17.6 Å². The summed E-state index contributed by atoms with van der Waals surface area (Å²) >= 11 is 1.01. The standard InChI is InChI=1S/C14H20N4O4S2/c1-10(2)16-7-12(15-9-16)24(21,22)17-5-3-11(4-6-17)18-13(19)8-23-14(18)20/h7,9-11H,3-6,8H2,1-2H3. The Morgan fingerprint density at radius 3 is 2.42 bits per heavy atom. The molecule has 2 saturated heterocycles. The fourth-order valence-electron chi connectivity index (χ4n) is 2.92. The van der Waals surface area contributed by atoms with E-state index in [1.54, 1.807) is 4.57 Å². The predicted molar refractivity (Wildman–Crippen MR) is 89.1 cm³/mol. The van der Waals surface area contributed by atoms with E-state index in [1.807, 2.05) is 13.8 Å². The van der Waals surface area contributed by atoms with Gasteiger partial charge in [-0.15, -0.1) is 0 Å². The van der Waals surface area contributed by atoms with Crippen LogP contribution in [0.1, 0.15) is 32.7 Å². The lowest BCUT2D eigenvalue weighted by molar-refractivity contribution is -0.126. The summed E-state index contributed by atoms with van der Waals surface area (Å²) in [6.07, 6.45) is 3.98.